The Bertz CT molecular complexity index is 2190. The van der Waals surface area contributed by atoms with Gasteiger partial charge in [0.2, 0.25) is 0 Å². The second-order valence-electron chi connectivity index (χ2n) is 9.90. The molecule has 1 aliphatic heterocycles. The largest absolute Gasteiger partial charge is 0.450 e. The number of thiazole rings is 1. The maximum atomic E-state index is 14.0. The van der Waals surface area contributed by atoms with E-state index in [1.165, 1.54) is 23.1 Å². The molecule has 7 nitrogen and oxygen atoms in total. The summed E-state index contributed by atoms with van der Waals surface area (Å²) in [5.74, 6) is 0.251. The van der Waals surface area contributed by atoms with E-state index in [9.17, 15) is 9.59 Å². The topological polar surface area (TPSA) is 89.5 Å². The molecular weight excluding hydrogens is 577 g/mol. The van der Waals surface area contributed by atoms with E-state index in [-0.39, 0.29) is 11.5 Å². The number of hydrogen-bond acceptors (Lipinski definition) is 7. The van der Waals surface area contributed by atoms with Crippen LogP contribution in [0.25, 0.3) is 17.0 Å². The lowest BCUT2D eigenvalue weighted by atomic mass is 9.95. The van der Waals surface area contributed by atoms with E-state index < -0.39 is 6.04 Å². The monoisotopic (exact) mass is 600 g/mol. The number of hydrogen-bond donors (Lipinski definition) is 1. The van der Waals surface area contributed by atoms with Crippen LogP contribution >= 0.6 is 23.1 Å². The van der Waals surface area contributed by atoms with Gasteiger partial charge in [-0.25, -0.2) is 4.99 Å². The molecule has 0 fully saturated rings. The summed E-state index contributed by atoms with van der Waals surface area (Å²) in [6.07, 6.45) is 3.52. The molecule has 0 unspecified atom stereocenters. The lowest BCUT2D eigenvalue weighted by Gasteiger charge is -2.25. The summed E-state index contributed by atoms with van der Waals surface area (Å²) in [6, 6.07) is 31.9. The number of para-hydroxylation sites is 2. The predicted molar refractivity (Wildman–Crippen MR) is 170 cm³/mol. The molecule has 0 aliphatic carbocycles. The van der Waals surface area contributed by atoms with Crippen molar-refractivity contribution in [2.75, 3.05) is 5.32 Å². The first kappa shape index (κ1) is 26.9. The predicted octanol–water partition coefficient (Wildman–Crippen LogP) is 6.17. The number of allylic oxidation sites excluding steroid dienone is 1. The van der Waals surface area contributed by atoms with Gasteiger partial charge in [-0.1, -0.05) is 78.1 Å². The van der Waals surface area contributed by atoms with Gasteiger partial charge in [0.25, 0.3) is 11.5 Å². The van der Waals surface area contributed by atoms with Crippen molar-refractivity contribution in [3.05, 3.63) is 152 Å². The van der Waals surface area contributed by atoms with E-state index in [1.807, 2.05) is 110 Å². The van der Waals surface area contributed by atoms with Gasteiger partial charge in [-0.2, -0.15) is 0 Å². The molecule has 6 aromatic rings. The van der Waals surface area contributed by atoms with Crippen LogP contribution in [0, 0.1) is 0 Å². The molecule has 0 spiro atoms. The number of nitrogens with zero attached hydrogens (tertiary/aromatic N) is 3. The summed E-state index contributed by atoms with van der Waals surface area (Å²) >= 11 is 2.76. The van der Waals surface area contributed by atoms with Crippen LogP contribution in [-0.4, -0.2) is 15.5 Å². The number of carbonyl (C=O) groups is 1. The lowest BCUT2D eigenvalue weighted by Crippen LogP contribution is -2.40. The number of pyridine rings is 1. The molecule has 3 aromatic carbocycles. The van der Waals surface area contributed by atoms with Crippen LogP contribution in [0.1, 0.15) is 24.3 Å². The van der Waals surface area contributed by atoms with E-state index in [1.54, 1.807) is 16.8 Å². The fourth-order valence-corrected chi connectivity index (χ4v) is 7.08. The third-order valence-corrected chi connectivity index (χ3v) is 9.05. The average molecular weight is 601 g/mol. The van der Waals surface area contributed by atoms with E-state index in [0.29, 0.717) is 37.1 Å². The zero-order valence-electron chi connectivity index (χ0n) is 22.9. The van der Waals surface area contributed by atoms with Gasteiger partial charge in [-0.05, 0) is 60.6 Å². The maximum Gasteiger partial charge on any atom is 0.271 e. The molecule has 210 valence electrons. The van der Waals surface area contributed by atoms with Crippen LogP contribution in [0.4, 0.5) is 5.69 Å². The van der Waals surface area contributed by atoms with Gasteiger partial charge in [0.05, 0.1) is 27.4 Å². The highest BCUT2D eigenvalue weighted by molar-refractivity contribution is 7.99. The SMILES string of the molecule is CC1=C(C(=O)Nc2ccccc2)[C@@H](c2ccccc2)n2c(s/c(=C\c3ccc(Sc4cccc5cccnc45)o3)c2=O)=N1. The van der Waals surface area contributed by atoms with E-state index in [0.717, 1.165) is 21.4 Å². The second kappa shape index (κ2) is 11.4. The molecule has 4 heterocycles. The fraction of sp³-hybridized carbons (Fsp3) is 0.0588. The standard InChI is InChI=1S/C34H24N4O3S2/c1-21-29(32(39)37-24-14-6-3-7-15-24)31(23-10-4-2-5-11-23)38-33(40)27(43-34(38)36-21)20-25-17-18-28(41-25)42-26-16-8-12-22-13-9-19-35-30(22)26/h2-20,31H,1H3,(H,37,39)/b27-20-/t31-/m1/s1. The number of benzene rings is 3. The van der Waals surface area contributed by atoms with Gasteiger partial charge in [0.15, 0.2) is 9.89 Å². The highest BCUT2D eigenvalue weighted by Gasteiger charge is 2.32. The maximum absolute atomic E-state index is 14.0. The molecule has 1 amide bonds. The Balaban J connectivity index is 1.26. The molecule has 0 saturated heterocycles. The number of anilines is 1. The van der Waals surface area contributed by atoms with Crippen molar-refractivity contribution in [2.45, 2.75) is 23.0 Å². The zero-order chi connectivity index (χ0) is 29.3. The van der Waals surface area contributed by atoms with Gasteiger partial charge in [0.1, 0.15) is 5.76 Å². The average Bonchev–Trinajstić information content (AvgIpc) is 3.60. The normalized spacial score (nSPS) is 14.9. The summed E-state index contributed by atoms with van der Waals surface area (Å²) in [5, 5.41) is 4.72. The van der Waals surface area contributed by atoms with Gasteiger partial charge >= 0.3 is 0 Å². The van der Waals surface area contributed by atoms with Crippen molar-refractivity contribution >= 4 is 51.7 Å². The van der Waals surface area contributed by atoms with Gasteiger partial charge in [0, 0.05) is 28.2 Å². The number of aromatic nitrogens is 2. The summed E-state index contributed by atoms with van der Waals surface area (Å²) in [5.41, 5.74) is 3.15. The van der Waals surface area contributed by atoms with E-state index in [4.69, 9.17) is 9.41 Å². The number of amides is 1. The van der Waals surface area contributed by atoms with Crippen molar-refractivity contribution in [3.63, 3.8) is 0 Å². The third kappa shape index (κ3) is 5.24. The van der Waals surface area contributed by atoms with Crippen LogP contribution in [0.15, 0.2) is 145 Å². The number of fused-ring (bicyclic) bond motifs is 2. The van der Waals surface area contributed by atoms with E-state index in [2.05, 4.69) is 10.3 Å². The number of nitrogens with one attached hydrogen (secondary N) is 1. The first-order valence-electron chi connectivity index (χ1n) is 13.6. The highest BCUT2D eigenvalue weighted by atomic mass is 32.2. The summed E-state index contributed by atoms with van der Waals surface area (Å²) in [6.45, 7) is 1.81. The molecule has 43 heavy (non-hydrogen) atoms. The van der Waals surface area contributed by atoms with Crippen molar-refractivity contribution in [3.8, 4) is 0 Å². The molecular formula is C34H24N4O3S2. The smallest absolute Gasteiger partial charge is 0.271 e. The Morgan fingerprint density at radius 1 is 0.953 bits per heavy atom. The van der Waals surface area contributed by atoms with E-state index >= 15 is 0 Å². The lowest BCUT2D eigenvalue weighted by molar-refractivity contribution is -0.113. The fourth-order valence-electron chi connectivity index (χ4n) is 5.15. The minimum absolute atomic E-state index is 0.237. The molecule has 1 atom stereocenters. The molecule has 9 heteroatoms. The van der Waals surface area contributed by atoms with Crippen molar-refractivity contribution in [1.29, 1.82) is 0 Å². The first-order chi connectivity index (χ1) is 21.0. The minimum Gasteiger partial charge on any atom is -0.450 e. The first-order valence-corrected chi connectivity index (χ1v) is 15.2. The van der Waals surface area contributed by atoms with Crippen LogP contribution in [0.5, 0.6) is 0 Å². The Hall–Kier alpha value is -4.99. The van der Waals surface area contributed by atoms with Gasteiger partial charge in [-0.3, -0.25) is 19.1 Å². The Labute approximate surface area is 254 Å². The van der Waals surface area contributed by atoms with Crippen molar-refractivity contribution in [2.24, 2.45) is 4.99 Å². The number of carbonyl (C=O) groups excluding carboxylic acids is 1. The summed E-state index contributed by atoms with van der Waals surface area (Å²) in [7, 11) is 0. The quantitative estimate of drug-likeness (QED) is 0.247. The Morgan fingerprint density at radius 3 is 2.53 bits per heavy atom. The van der Waals surface area contributed by atoms with Gasteiger partial charge in [-0.15, -0.1) is 0 Å². The molecule has 0 radical (unpaired) electrons. The van der Waals surface area contributed by atoms with Crippen LogP contribution in [0.3, 0.4) is 0 Å². The van der Waals surface area contributed by atoms with Crippen LogP contribution < -0.4 is 20.2 Å². The Kier molecular flexibility index (Phi) is 7.10. The third-order valence-electron chi connectivity index (χ3n) is 7.10. The second-order valence-corrected chi connectivity index (χ2v) is 12.0. The molecule has 3 aromatic heterocycles. The zero-order valence-corrected chi connectivity index (χ0v) is 24.6. The minimum atomic E-state index is -0.634. The van der Waals surface area contributed by atoms with Crippen LogP contribution in [-0.2, 0) is 4.79 Å². The highest BCUT2D eigenvalue weighted by Crippen LogP contribution is 2.34. The summed E-state index contributed by atoms with van der Waals surface area (Å²) in [4.78, 5) is 38.4. The molecule has 1 aliphatic rings. The number of rotatable bonds is 6. The molecule has 1 N–H and O–H groups in total. The van der Waals surface area contributed by atoms with Gasteiger partial charge < -0.3 is 9.73 Å². The summed E-state index contributed by atoms with van der Waals surface area (Å²) < 4.78 is 8.20. The molecule has 7 rings (SSSR count). The van der Waals surface area contributed by atoms with Crippen molar-refractivity contribution < 1.29 is 9.21 Å². The number of furan rings is 1. The Morgan fingerprint density at radius 2 is 1.72 bits per heavy atom. The molecule has 0 bridgehead atoms. The van der Waals surface area contributed by atoms with Crippen molar-refractivity contribution in [1.82, 2.24) is 9.55 Å². The molecule has 0 saturated carbocycles. The van der Waals surface area contributed by atoms with Crippen LogP contribution in [0.2, 0.25) is 0 Å².